The molecule has 0 unspecified atom stereocenters. The van der Waals surface area contributed by atoms with Crippen molar-refractivity contribution in [1.29, 1.82) is 0 Å². The Bertz CT molecular complexity index is 441. The van der Waals surface area contributed by atoms with Crippen LogP contribution in [0, 0.1) is 0 Å². The molecule has 1 aromatic carbocycles. The van der Waals surface area contributed by atoms with Crippen LogP contribution in [0.5, 0.6) is 0 Å². The van der Waals surface area contributed by atoms with Crippen LogP contribution in [0.4, 0.5) is 5.69 Å². The predicted molar refractivity (Wildman–Crippen MR) is 41.2 cm³/mol. The SMILES string of the molecule is Nc1ccc2oc(=O)[nH]c2c1. The normalized spacial score (nSPS) is 10.5. The second kappa shape index (κ2) is 1.88. The van der Waals surface area contributed by atoms with Crippen molar-refractivity contribution in [1.82, 2.24) is 4.98 Å². The number of nitrogens with one attached hydrogen (secondary N) is 1. The highest BCUT2D eigenvalue weighted by molar-refractivity contribution is 5.75. The first-order valence-electron chi connectivity index (χ1n) is 3.14. The van der Waals surface area contributed by atoms with Gasteiger partial charge in [0, 0.05) is 5.69 Å². The summed E-state index contributed by atoms with van der Waals surface area (Å²) in [7, 11) is 0. The van der Waals surface area contributed by atoms with Crippen molar-refractivity contribution >= 4 is 16.8 Å². The van der Waals surface area contributed by atoms with Gasteiger partial charge in [-0.3, -0.25) is 4.98 Å². The first-order valence-corrected chi connectivity index (χ1v) is 3.14. The quantitative estimate of drug-likeness (QED) is 0.543. The number of nitrogens with two attached hydrogens (primary N) is 1. The van der Waals surface area contributed by atoms with Gasteiger partial charge in [0.2, 0.25) is 0 Å². The summed E-state index contributed by atoms with van der Waals surface area (Å²) in [5.41, 5.74) is 7.24. The maximum absolute atomic E-state index is 10.6. The van der Waals surface area contributed by atoms with Gasteiger partial charge in [0.1, 0.15) is 0 Å². The number of aromatic nitrogens is 1. The number of nitrogen functional groups attached to an aromatic ring is 1. The minimum atomic E-state index is -0.453. The van der Waals surface area contributed by atoms with Gasteiger partial charge in [-0.15, -0.1) is 0 Å². The minimum absolute atomic E-state index is 0.453. The van der Waals surface area contributed by atoms with Crippen molar-refractivity contribution < 1.29 is 4.42 Å². The molecule has 0 atom stereocenters. The molecule has 0 amide bonds. The molecule has 1 aromatic heterocycles. The van der Waals surface area contributed by atoms with Crippen molar-refractivity contribution in [2.45, 2.75) is 0 Å². The van der Waals surface area contributed by atoms with Gasteiger partial charge in [-0.2, -0.15) is 0 Å². The fraction of sp³-hybridized carbons (Fsp3) is 0. The fourth-order valence-electron chi connectivity index (χ4n) is 0.970. The zero-order valence-electron chi connectivity index (χ0n) is 5.63. The summed E-state index contributed by atoms with van der Waals surface area (Å²) in [4.78, 5) is 13.1. The third-order valence-electron chi connectivity index (χ3n) is 1.44. The lowest BCUT2D eigenvalue weighted by atomic mass is 10.3. The van der Waals surface area contributed by atoms with E-state index >= 15 is 0 Å². The molecule has 56 valence electrons. The molecule has 0 aliphatic heterocycles. The number of H-pyrrole nitrogens is 1. The third kappa shape index (κ3) is 0.881. The highest BCUT2D eigenvalue weighted by Gasteiger charge is 1.98. The maximum atomic E-state index is 10.6. The number of anilines is 1. The Hall–Kier alpha value is -1.71. The molecule has 2 aromatic rings. The van der Waals surface area contributed by atoms with Crippen molar-refractivity contribution in [3.63, 3.8) is 0 Å². The zero-order valence-corrected chi connectivity index (χ0v) is 5.63. The number of aromatic amines is 1. The van der Waals surface area contributed by atoms with Crippen LogP contribution in [-0.4, -0.2) is 4.98 Å². The second-order valence-electron chi connectivity index (χ2n) is 2.27. The first-order chi connectivity index (χ1) is 5.25. The predicted octanol–water partition coefficient (Wildman–Crippen LogP) is 0.703. The van der Waals surface area contributed by atoms with Crippen LogP contribution in [0.2, 0.25) is 0 Å². The lowest BCUT2D eigenvalue weighted by Gasteiger charge is -1.88. The van der Waals surface area contributed by atoms with E-state index in [-0.39, 0.29) is 0 Å². The molecular formula is C7H6N2O2. The molecule has 0 aliphatic carbocycles. The van der Waals surface area contributed by atoms with Crippen molar-refractivity contribution in [2.24, 2.45) is 0 Å². The Morgan fingerprint density at radius 1 is 1.45 bits per heavy atom. The van der Waals surface area contributed by atoms with Gasteiger partial charge in [-0.25, -0.2) is 4.79 Å². The topological polar surface area (TPSA) is 72.0 Å². The molecule has 0 saturated carbocycles. The summed E-state index contributed by atoms with van der Waals surface area (Å²) in [5.74, 6) is -0.453. The number of hydrogen-bond donors (Lipinski definition) is 2. The monoisotopic (exact) mass is 150 g/mol. The van der Waals surface area contributed by atoms with Gasteiger partial charge in [0.25, 0.3) is 0 Å². The Kier molecular flexibility index (Phi) is 1.03. The van der Waals surface area contributed by atoms with Crippen LogP contribution in [-0.2, 0) is 0 Å². The smallest absolute Gasteiger partial charge is 0.408 e. The number of benzene rings is 1. The van der Waals surface area contributed by atoms with E-state index in [0.717, 1.165) is 0 Å². The average molecular weight is 150 g/mol. The lowest BCUT2D eigenvalue weighted by Crippen LogP contribution is -1.93. The standard InChI is InChI=1S/C7H6N2O2/c8-4-1-2-6-5(3-4)9-7(10)11-6/h1-3H,8H2,(H,9,10). The summed E-state index contributed by atoms with van der Waals surface area (Å²) in [6.07, 6.45) is 0. The number of rotatable bonds is 0. The molecule has 4 heteroatoms. The molecule has 0 spiro atoms. The van der Waals surface area contributed by atoms with E-state index in [4.69, 9.17) is 10.2 Å². The molecule has 11 heavy (non-hydrogen) atoms. The van der Waals surface area contributed by atoms with Crippen LogP contribution < -0.4 is 11.5 Å². The highest BCUT2D eigenvalue weighted by atomic mass is 16.4. The van der Waals surface area contributed by atoms with E-state index in [0.29, 0.717) is 16.8 Å². The molecule has 1 heterocycles. The van der Waals surface area contributed by atoms with Crippen molar-refractivity contribution in [3.8, 4) is 0 Å². The summed E-state index contributed by atoms with van der Waals surface area (Å²) in [6, 6.07) is 4.99. The van der Waals surface area contributed by atoms with Crippen LogP contribution in [0.25, 0.3) is 11.1 Å². The van der Waals surface area contributed by atoms with Gasteiger partial charge in [0.15, 0.2) is 5.58 Å². The van der Waals surface area contributed by atoms with Crippen molar-refractivity contribution in [2.75, 3.05) is 5.73 Å². The van der Waals surface area contributed by atoms with Gasteiger partial charge in [-0.1, -0.05) is 0 Å². The minimum Gasteiger partial charge on any atom is -0.408 e. The van der Waals surface area contributed by atoms with E-state index in [9.17, 15) is 4.79 Å². The fourth-order valence-corrected chi connectivity index (χ4v) is 0.970. The molecular weight excluding hydrogens is 144 g/mol. The van der Waals surface area contributed by atoms with Crippen LogP contribution in [0.1, 0.15) is 0 Å². The summed E-state index contributed by atoms with van der Waals surface area (Å²) >= 11 is 0. The number of oxazole rings is 1. The second-order valence-corrected chi connectivity index (χ2v) is 2.27. The number of fused-ring (bicyclic) bond motifs is 1. The van der Waals surface area contributed by atoms with E-state index in [1.807, 2.05) is 0 Å². The molecule has 3 N–H and O–H groups in total. The van der Waals surface area contributed by atoms with Gasteiger partial charge in [-0.05, 0) is 18.2 Å². The Morgan fingerprint density at radius 2 is 2.27 bits per heavy atom. The maximum Gasteiger partial charge on any atom is 0.417 e. The lowest BCUT2D eigenvalue weighted by molar-refractivity contribution is 0.555. The molecule has 0 bridgehead atoms. The Morgan fingerprint density at radius 3 is 3.09 bits per heavy atom. The van der Waals surface area contributed by atoms with Gasteiger partial charge < -0.3 is 10.2 Å². The largest absolute Gasteiger partial charge is 0.417 e. The van der Waals surface area contributed by atoms with Crippen LogP contribution >= 0.6 is 0 Å². The molecule has 4 nitrogen and oxygen atoms in total. The summed E-state index contributed by atoms with van der Waals surface area (Å²) in [6.45, 7) is 0. The number of hydrogen-bond acceptors (Lipinski definition) is 3. The molecule has 0 radical (unpaired) electrons. The molecule has 2 rings (SSSR count). The third-order valence-corrected chi connectivity index (χ3v) is 1.44. The van der Waals surface area contributed by atoms with Gasteiger partial charge in [0.05, 0.1) is 5.52 Å². The molecule has 0 saturated heterocycles. The Balaban J connectivity index is 2.92. The molecule has 0 aliphatic rings. The van der Waals surface area contributed by atoms with Crippen LogP contribution in [0.3, 0.4) is 0 Å². The summed E-state index contributed by atoms with van der Waals surface area (Å²) < 4.78 is 4.76. The average Bonchev–Trinajstić information content (AvgIpc) is 2.27. The first kappa shape index (κ1) is 6.03. The van der Waals surface area contributed by atoms with Crippen LogP contribution in [0.15, 0.2) is 27.4 Å². The van der Waals surface area contributed by atoms with E-state index < -0.39 is 5.76 Å². The van der Waals surface area contributed by atoms with E-state index in [1.54, 1.807) is 18.2 Å². The van der Waals surface area contributed by atoms with Gasteiger partial charge >= 0.3 is 5.76 Å². The Labute approximate surface area is 61.6 Å². The van der Waals surface area contributed by atoms with E-state index in [2.05, 4.69) is 4.98 Å². The van der Waals surface area contributed by atoms with E-state index in [1.165, 1.54) is 0 Å². The zero-order chi connectivity index (χ0) is 7.84. The highest BCUT2D eigenvalue weighted by Crippen LogP contribution is 2.12. The molecule has 0 fully saturated rings. The van der Waals surface area contributed by atoms with Crippen molar-refractivity contribution in [3.05, 3.63) is 28.7 Å². The summed E-state index contributed by atoms with van der Waals surface area (Å²) in [5, 5.41) is 0.